The first-order chi connectivity index (χ1) is 6.79. The molecule has 3 nitrogen and oxygen atoms in total. The van der Waals surface area contributed by atoms with Gasteiger partial charge < -0.3 is 0 Å². The molecule has 1 aromatic heterocycles. The van der Waals surface area contributed by atoms with Crippen molar-refractivity contribution < 1.29 is 4.57 Å². The lowest BCUT2D eigenvalue weighted by Crippen LogP contribution is -2.35. The molecule has 0 saturated carbocycles. The van der Waals surface area contributed by atoms with Crippen LogP contribution in [0, 0.1) is 18.3 Å². The van der Waals surface area contributed by atoms with Crippen LogP contribution in [0.3, 0.4) is 0 Å². The number of nitrogens with zero attached hydrogens (tertiary/aromatic N) is 3. The van der Waals surface area contributed by atoms with E-state index in [1.54, 1.807) is 0 Å². The van der Waals surface area contributed by atoms with Crippen molar-refractivity contribution in [1.82, 2.24) is 4.57 Å². The maximum absolute atomic E-state index is 8.50. The largest absolute Gasteiger partial charge is 0.253 e. The van der Waals surface area contributed by atoms with Crippen molar-refractivity contribution in [1.29, 1.82) is 5.26 Å². The van der Waals surface area contributed by atoms with Gasteiger partial charge >= 0.3 is 0 Å². The van der Waals surface area contributed by atoms with Gasteiger partial charge in [0.25, 0.3) is 5.82 Å². The van der Waals surface area contributed by atoms with Crippen molar-refractivity contribution in [3.63, 3.8) is 0 Å². The molecule has 0 aromatic carbocycles. The molecule has 0 fully saturated rings. The first-order valence-electron chi connectivity index (χ1n) is 5.21. The van der Waals surface area contributed by atoms with Gasteiger partial charge in [0, 0.05) is 6.92 Å². The van der Waals surface area contributed by atoms with Gasteiger partial charge in [0.2, 0.25) is 0 Å². The van der Waals surface area contributed by atoms with Gasteiger partial charge in [-0.15, -0.1) is 0 Å². The van der Waals surface area contributed by atoms with Gasteiger partial charge in [0.15, 0.2) is 0 Å². The van der Waals surface area contributed by atoms with Crippen LogP contribution in [0.25, 0.3) is 0 Å². The summed E-state index contributed by atoms with van der Waals surface area (Å²) in [7, 11) is 0. The average molecular weight is 192 g/mol. The van der Waals surface area contributed by atoms with Gasteiger partial charge in [0.05, 0.1) is 19.0 Å². The molecular weight excluding hydrogens is 174 g/mol. The highest BCUT2D eigenvalue weighted by atomic mass is 15.1. The second-order valence-electron chi connectivity index (χ2n) is 3.49. The molecule has 0 spiro atoms. The molecule has 0 aliphatic carbocycles. The summed E-state index contributed by atoms with van der Waals surface area (Å²) in [6.45, 7) is 6.19. The van der Waals surface area contributed by atoms with Crippen LogP contribution in [0.15, 0.2) is 12.4 Å². The molecule has 0 atom stereocenters. The Morgan fingerprint density at radius 3 is 3.00 bits per heavy atom. The lowest BCUT2D eigenvalue weighted by atomic mass is 10.3. The first-order valence-corrected chi connectivity index (χ1v) is 5.21. The third-order valence-corrected chi connectivity index (χ3v) is 2.47. The van der Waals surface area contributed by atoms with Crippen molar-refractivity contribution in [2.45, 2.75) is 46.2 Å². The van der Waals surface area contributed by atoms with Crippen molar-refractivity contribution in [3.8, 4) is 6.07 Å². The number of unbranched alkanes of at least 4 members (excludes halogenated alkanes) is 1. The summed E-state index contributed by atoms with van der Waals surface area (Å²) in [6.07, 6.45) is 7.18. The van der Waals surface area contributed by atoms with E-state index in [1.165, 1.54) is 18.7 Å². The highest BCUT2D eigenvalue weighted by Crippen LogP contribution is 1.98. The van der Waals surface area contributed by atoms with Gasteiger partial charge in [-0.3, -0.25) is 0 Å². The summed E-state index contributed by atoms with van der Waals surface area (Å²) in [4.78, 5) is 0. The van der Waals surface area contributed by atoms with Gasteiger partial charge in [-0.2, -0.15) is 5.26 Å². The van der Waals surface area contributed by atoms with Crippen molar-refractivity contribution in [3.05, 3.63) is 18.2 Å². The zero-order valence-corrected chi connectivity index (χ0v) is 9.03. The third-order valence-electron chi connectivity index (χ3n) is 2.47. The van der Waals surface area contributed by atoms with E-state index in [0.717, 1.165) is 13.1 Å². The monoisotopic (exact) mass is 192 g/mol. The summed E-state index contributed by atoms with van der Waals surface area (Å²) < 4.78 is 4.39. The highest BCUT2D eigenvalue weighted by molar-refractivity contribution is 4.79. The van der Waals surface area contributed by atoms with Gasteiger partial charge in [-0.25, -0.2) is 9.13 Å². The number of nitriles is 1. The van der Waals surface area contributed by atoms with E-state index in [4.69, 9.17) is 5.26 Å². The second-order valence-corrected chi connectivity index (χ2v) is 3.49. The SMILES string of the molecule is CCCCn1cc[n+](CCC#N)c1C. The Labute approximate surface area is 85.6 Å². The van der Waals surface area contributed by atoms with E-state index in [0.29, 0.717) is 6.42 Å². The van der Waals surface area contributed by atoms with Gasteiger partial charge in [-0.05, 0) is 6.42 Å². The van der Waals surface area contributed by atoms with Crippen LogP contribution in [0.1, 0.15) is 32.0 Å². The number of hydrogen-bond donors (Lipinski definition) is 0. The van der Waals surface area contributed by atoms with Gasteiger partial charge in [-0.1, -0.05) is 13.3 Å². The molecule has 0 aliphatic heterocycles. The maximum Gasteiger partial charge on any atom is 0.253 e. The number of imidazole rings is 1. The zero-order valence-electron chi connectivity index (χ0n) is 9.03. The summed E-state index contributed by atoms with van der Waals surface area (Å²) in [5.74, 6) is 1.24. The molecule has 0 saturated heterocycles. The molecule has 76 valence electrons. The molecular formula is C11H18N3+. The van der Waals surface area contributed by atoms with Crippen LogP contribution in [-0.4, -0.2) is 4.57 Å². The molecule has 0 radical (unpaired) electrons. The van der Waals surface area contributed by atoms with Crippen LogP contribution in [0.4, 0.5) is 0 Å². The maximum atomic E-state index is 8.50. The van der Waals surface area contributed by atoms with Crippen molar-refractivity contribution in [2.24, 2.45) is 0 Å². The minimum atomic E-state index is 0.587. The number of rotatable bonds is 5. The van der Waals surface area contributed by atoms with E-state index in [1.807, 2.05) is 0 Å². The summed E-state index contributed by atoms with van der Waals surface area (Å²) >= 11 is 0. The molecule has 1 heterocycles. The summed E-state index contributed by atoms with van der Waals surface area (Å²) in [5.41, 5.74) is 0. The van der Waals surface area contributed by atoms with Crippen LogP contribution >= 0.6 is 0 Å². The smallest absolute Gasteiger partial charge is 0.234 e. The van der Waals surface area contributed by atoms with E-state index in [-0.39, 0.29) is 0 Å². The molecule has 0 amide bonds. The summed E-state index contributed by atoms with van der Waals surface area (Å²) in [6, 6.07) is 2.17. The van der Waals surface area contributed by atoms with E-state index >= 15 is 0 Å². The normalized spacial score (nSPS) is 10.1. The van der Waals surface area contributed by atoms with E-state index < -0.39 is 0 Å². The molecule has 0 unspecified atom stereocenters. The number of aryl methyl sites for hydroxylation is 2. The average Bonchev–Trinajstić information content (AvgIpc) is 2.54. The van der Waals surface area contributed by atoms with Crippen LogP contribution in [0.2, 0.25) is 0 Å². The van der Waals surface area contributed by atoms with Crippen molar-refractivity contribution >= 4 is 0 Å². The fourth-order valence-electron chi connectivity index (χ4n) is 1.51. The zero-order chi connectivity index (χ0) is 10.4. The van der Waals surface area contributed by atoms with E-state index in [2.05, 4.69) is 41.4 Å². The van der Waals surface area contributed by atoms with E-state index in [9.17, 15) is 0 Å². The number of aromatic nitrogens is 2. The topological polar surface area (TPSA) is 32.6 Å². The van der Waals surface area contributed by atoms with Crippen LogP contribution < -0.4 is 4.57 Å². The number of hydrogen-bond acceptors (Lipinski definition) is 1. The fraction of sp³-hybridized carbons (Fsp3) is 0.636. The summed E-state index contributed by atoms with van der Waals surface area (Å²) in [5, 5.41) is 8.50. The van der Waals surface area contributed by atoms with Crippen LogP contribution in [-0.2, 0) is 13.1 Å². The highest BCUT2D eigenvalue weighted by Gasteiger charge is 2.10. The Hall–Kier alpha value is -1.30. The molecule has 0 aliphatic rings. The predicted octanol–water partition coefficient (Wildman–Crippen LogP) is 1.80. The third kappa shape index (κ3) is 2.59. The Bertz CT molecular complexity index is 320. The molecule has 14 heavy (non-hydrogen) atoms. The molecule has 1 rings (SSSR count). The Balaban J connectivity index is 2.61. The van der Waals surface area contributed by atoms with Crippen LogP contribution in [0.5, 0.6) is 0 Å². The Morgan fingerprint density at radius 1 is 1.57 bits per heavy atom. The quantitative estimate of drug-likeness (QED) is 0.655. The Morgan fingerprint density at radius 2 is 2.36 bits per heavy atom. The second kappa shape index (κ2) is 5.43. The lowest BCUT2D eigenvalue weighted by molar-refractivity contribution is -0.701. The van der Waals surface area contributed by atoms with Gasteiger partial charge in [0.1, 0.15) is 18.9 Å². The minimum Gasteiger partial charge on any atom is -0.234 e. The predicted molar refractivity (Wildman–Crippen MR) is 54.5 cm³/mol. The standard InChI is InChI=1S/C11H18N3/c1-3-4-7-13-9-10-14(11(13)2)8-5-6-12/h9-10H,3-5,7-8H2,1-2H3/q+1. The Kier molecular flexibility index (Phi) is 4.18. The molecule has 3 heteroatoms. The molecule has 0 bridgehead atoms. The molecule has 0 N–H and O–H groups in total. The molecule has 1 aromatic rings. The fourth-order valence-corrected chi connectivity index (χ4v) is 1.51. The van der Waals surface area contributed by atoms with Crippen molar-refractivity contribution in [2.75, 3.05) is 0 Å². The lowest BCUT2D eigenvalue weighted by Gasteiger charge is -1.98. The first kappa shape index (κ1) is 10.8. The minimum absolute atomic E-state index is 0.587.